The fourth-order valence-corrected chi connectivity index (χ4v) is 3.00. The quantitative estimate of drug-likeness (QED) is 0.434. The van der Waals surface area contributed by atoms with Gasteiger partial charge in [-0.05, 0) is 36.3 Å². The molecule has 0 unspecified atom stereocenters. The molecule has 0 aliphatic rings. The zero-order valence-electron chi connectivity index (χ0n) is 16.6. The van der Waals surface area contributed by atoms with Crippen LogP contribution >= 0.6 is 0 Å². The van der Waals surface area contributed by atoms with Crippen molar-refractivity contribution in [3.8, 4) is 17.2 Å². The predicted octanol–water partition coefficient (Wildman–Crippen LogP) is 4.86. The molecule has 0 amide bonds. The van der Waals surface area contributed by atoms with Crippen molar-refractivity contribution in [3.63, 3.8) is 0 Å². The van der Waals surface area contributed by atoms with E-state index in [-0.39, 0.29) is 5.97 Å². The normalized spacial score (nSPS) is 11.3. The minimum atomic E-state index is -0.349. The van der Waals surface area contributed by atoms with Crippen molar-refractivity contribution in [1.29, 1.82) is 0 Å². The lowest BCUT2D eigenvalue weighted by Crippen LogP contribution is -2.07. The number of benzene rings is 2. The number of hydrogen-bond acceptors (Lipinski definition) is 4. The zero-order valence-corrected chi connectivity index (χ0v) is 16.6. The molecule has 1 heterocycles. The molecule has 0 atom stereocenters. The molecule has 0 saturated carbocycles. The molecule has 0 spiro atoms. The molecule has 2 aromatic carbocycles. The van der Waals surface area contributed by atoms with Gasteiger partial charge in [-0.15, -0.1) is 0 Å². The molecule has 146 valence electrons. The van der Waals surface area contributed by atoms with Gasteiger partial charge in [0.05, 0.1) is 32.0 Å². The van der Waals surface area contributed by atoms with Gasteiger partial charge in [0, 0.05) is 23.2 Å². The Bertz CT molecular complexity index is 1000. The molecule has 5 heteroatoms. The molecule has 0 bridgehead atoms. The van der Waals surface area contributed by atoms with Crippen LogP contribution in [0.25, 0.3) is 22.7 Å². The first-order chi connectivity index (χ1) is 13.5. The third-order valence-corrected chi connectivity index (χ3v) is 4.31. The van der Waals surface area contributed by atoms with Crippen LogP contribution in [0.15, 0.2) is 54.6 Å². The summed E-state index contributed by atoms with van der Waals surface area (Å²) in [6.45, 7) is 4.42. The SMILES string of the molecule is COc1ccc(-n2c(/C=C/C(=O)OCC(C)C)cc3ccccc32)cc1OC. The zero-order chi connectivity index (χ0) is 20.1. The number of para-hydroxylation sites is 1. The van der Waals surface area contributed by atoms with E-state index in [0.717, 1.165) is 22.3 Å². The minimum Gasteiger partial charge on any atom is -0.493 e. The Morgan fingerprint density at radius 3 is 2.50 bits per heavy atom. The van der Waals surface area contributed by atoms with Crippen LogP contribution in [0, 0.1) is 5.92 Å². The summed E-state index contributed by atoms with van der Waals surface area (Å²) in [6, 6.07) is 15.9. The predicted molar refractivity (Wildman–Crippen MR) is 111 cm³/mol. The Kier molecular flexibility index (Phi) is 6.04. The number of carbonyl (C=O) groups excluding carboxylic acids is 1. The number of fused-ring (bicyclic) bond motifs is 1. The van der Waals surface area contributed by atoms with Crippen LogP contribution in [-0.2, 0) is 9.53 Å². The van der Waals surface area contributed by atoms with Crippen molar-refractivity contribution in [2.75, 3.05) is 20.8 Å². The Hall–Kier alpha value is -3.21. The molecule has 0 fully saturated rings. The van der Waals surface area contributed by atoms with Gasteiger partial charge in [-0.1, -0.05) is 32.0 Å². The lowest BCUT2D eigenvalue weighted by molar-refractivity contribution is -0.138. The smallest absolute Gasteiger partial charge is 0.330 e. The Morgan fingerprint density at radius 2 is 1.79 bits per heavy atom. The van der Waals surface area contributed by atoms with Gasteiger partial charge in [0.15, 0.2) is 11.5 Å². The van der Waals surface area contributed by atoms with Gasteiger partial charge >= 0.3 is 5.97 Å². The second kappa shape index (κ2) is 8.65. The molecule has 1 aromatic heterocycles. The van der Waals surface area contributed by atoms with Crippen LogP contribution in [0.3, 0.4) is 0 Å². The summed E-state index contributed by atoms with van der Waals surface area (Å²) in [4.78, 5) is 12.0. The van der Waals surface area contributed by atoms with E-state index in [0.29, 0.717) is 24.0 Å². The maximum absolute atomic E-state index is 12.0. The van der Waals surface area contributed by atoms with Crippen LogP contribution in [0.5, 0.6) is 11.5 Å². The monoisotopic (exact) mass is 379 g/mol. The van der Waals surface area contributed by atoms with E-state index >= 15 is 0 Å². The molecule has 0 aliphatic carbocycles. The van der Waals surface area contributed by atoms with E-state index in [1.54, 1.807) is 20.3 Å². The second-order valence-electron chi connectivity index (χ2n) is 6.86. The number of aromatic nitrogens is 1. The number of hydrogen-bond donors (Lipinski definition) is 0. The van der Waals surface area contributed by atoms with Crippen molar-refractivity contribution in [2.24, 2.45) is 5.92 Å². The highest BCUT2D eigenvalue weighted by atomic mass is 16.5. The average Bonchev–Trinajstić information content (AvgIpc) is 3.08. The molecule has 0 N–H and O–H groups in total. The Labute approximate surface area is 165 Å². The molecule has 5 nitrogen and oxygen atoms in total. The van der Waals surface area contributed by atoms with Crippen molar-refractivity contribution >= 4 is 22.9 Å². The first kappa shape index (κ1) is 19.5. The van der Waals surface area contributed by atoms with E-state index in [2.05, 4.69) is 4.57 Å². The maximum Gasteiger partial charge on any atom is 0.330 e. The summed E-state index contributed by atoms with van der Waals surface area (Å²) in [6.07, 6.45) is 3.24. The summed E-state index contributed by atoms with van der Waals surface area (Å²) in [5.74, 6) is 1.26. The molecule has 0 aliphatic heterocycles. The standard InChI is InChI=1S/C23H25NO4/c1-16(2)15-28-23(25)12-10-18-13-17-7-5-6-8-20(17)24(18)19-9-11-21(26-3)22(14-19)27-4/h5-14,16H,15H2,1-4H3/b12-10+. The third kappa shape index (κ3) is 4.19. The first-order valence-corrected chi connectivity index (χ1v) is 9.21. The van der Waals surface area contributed by atoms with Gasteiger partial charge in [-0.3, -0.25) is 0 Å². The van der Waals surface area contributed by atoms with Crippen molar-refractivity contribution in [3.05, 3.63) is 60.3 Å². The van der Waals surface area contributed by atoms with Crippen molar-refractivity contribution < 1.29 is 19.0 Å². The topological polar surface area (TPSA) is 49.7 Å². The number of carbonyl (C=O) groups is 1. The minimum absolute atomic E-state index is 0.301. The molecular weight excluding hydrogens is 354 g/mol. The average molecular weight is 379 g/mol. The highest BCUT2D eigenvalue weighted by Crippen LogP contribution is 2.32. The van der Waals surface area contributed by atoms with E-state index in [1.807, 2.05) is 62.4 Å². The molecular formula is C23H25NO4. The first-order valence-electron chi connectivity index (χ1n) is 9.21. The van der Waals surface area contributed by atoms with Crippen LogP contribution < -0.4 is 9.47 Å². The highest BCUT2D eigenvalue weighted by Gasteiger charge is 2.12. The van der Waals surface area contributed by atoms with Crippen LogP contribution in [0.1, 0.15) is 19.5 Å². The third-order valence-electron chi connectivity index (χ3n) is 4.31. The van der Waals surface area contributed by atoms with Crippen LogP contribution in [0.4, 0.5) is 0 Å². The fourth-order valence-electron chi connectivity index (χ4n) is 3.00. The number of methoxy groups -OCH3 is 2. The second-order valence-corrected chi connectivity index (χ2v) is 6.86. The summed E-state index contributed by atoms with van der Waals surface area (Å²) in [5.41, 5.74) is 2.81. The van der Waals surface area contributed by atoms with Crippen LogP contribution in [-0.4, -0.2) is 31.4 Å². The summed E-state index contributed by atoms with van der Waals surface area (Å²) in [5, 5.41) is 1.08. The number of esters is 1. The number of nitrogens with zero attached hydrogens (tertiary/aromatic N) is 1. The summed E-state index contributed by atoms with van der Waals surface area (Å²) >= 11 is 0. The summed E-state index contributed by atoms with van der Waals surface area (Å²) < 4.78 is 18.1. The van der Waals surface area contributed by atoms with Gasteiger partial charge in [-0.2, -0.15) is 0 Å². The van der Waals surface area contributed by atoms with Crippen LogP contribution in [0.2, 0.25) is 0 Å². The van der Waals surface area contributed by atoms with Crippen molar-refractivity contribution in [2.45, 2.75) is 13.8 Å². The van der Waals surface area contributed by atoms with Gasteiger partial charge in [0.2, 0.25) is 0 Å². The van der Waals surface area contributed by atoms with Crippen molar-refractivity contribution in [1.82, 2.24) is 4.57 Å². The lowest BCUT2D eigenvalue weighted by atomic mass is 10.2. The van der Waals surface area contributed by atoms with E-state index in [4.69, 9.17) is 14.2 Å². The van der Waals surface area contributed by atoms with Gasteiger partial charge in [0.25, 0.3) is 0 Å². The van der Waals surface area contributed by atoms with Gasteiger partial charge < -0.3 is 18.8 Å². The largest absolute Gasteiger partial charge is 0.493 e. The lowest BCUT2D eigenvalue weighted by Gasteiger charge is -2.13. The molecule has 28 heavy (non-hydrogen) atoms. The summed E-state index contributed by atoms with van der Waals surface area (Å²) in [7, 11) is 3.22. The maximum atomic E-state index is 12.0. The Morgan fingerprint density at radius 1 is 1.04 bits per heavy atom. The van der Waals surface area contributed by atoms with Gasteiger partial charge in [0.1, 0.15) is 0 Å². The highest BCUT2D eigenvalue weighted by molar-refractivity contribution is 5.90. The van der Waals surface area contributed by atoms with E-state index in [9.17, 15) is 4.79 Å². The number of ether oxygens (including phenoxy) is 3. The molecule has 3 rings (SSSR count). The Balaban J connectivity index is 2.04. The molecule has 3 aromatic rings. The van der Waals surface area contributed by atoms with E-state index in [1.165, 1.54) is 6.08 Å². The molecule has 0 radical (unpaired) electrons. The van der Waals surface area contributed by atoms with Gasteiger partial charge in [-0.25, -0.2) is 4.79 Å². The number of rotatable bonds is 7. The molecule has 0 saturated heterocycles. The fraction of sp³-hybridized carbons (Fsp3) is 0.261. The van der Waals surface area contributed by atoms with E-state index < -0.39 is 0 Å².